The summed E-state index contributed by atoms with van der Waals surface area (Å²) in [6, 6.07) is 24.2. The van der Waals surface area contributed by atoms with E-state index >= 15 is 0 Å². The van der Waals surface area contributed by atoms with E-state index in [0.29, 0.717) is 10.7 Å². The van der Waals surface area contributed by atoms with Gasteiger partial charge in [-0.25, -0.2) is 4.79 Å². The van der Waals surface area contributed by atoms with E-state index in [1.807, 2.05) is 54.6 Å². The van der Waals surface area contributed by atoms with Crippen LogP contribution in [-0.2, 0) is 32.1 Å². The molecule has 0 aromatic heterocycles. The minimum absolute atomic E-state index is 0.0125. The number of methoxy groups -OCH3 is 1. The summed E-state index contributed by atoms with van der Waals surface area (Å²) in [6.07, 6.45) is 0.141. The van der Waals surface area contributed by atoms with E-state index in [9.17, 15) is 14.4 Å². The number of ketones is 1. The first-order valence-electron chi connectivity index (χ1n) is 12.1. The van der Waals surface area contributed by atoms with Crippen molar-refractivity contribution in [1.29, 1.82) is 0 Å². The number of amides is 1. The highest BCUT2D eigenvalue weighted by Crippen LogP contribution is 2.50. The Hall–Kier alpha value is -2.80. The van der Waals surface area contributed by atoms with Crippen LogP contribution in [0.4, 0.5) is 0 Å². The zero-order valence-electron chi connectivity index (χ0n) is 20.9. The van der Waals surface area contributed by atoms with Gasteiger partial charge in [0.25, 0.3) is 0 Å². The van der Waals surface area contributed by atoms with Crippen molar-refractivity contribution in [2.24, 2.45) is 11.7 Å². The highest BCUT2D eigenvalue weighted by molar-refractivity contribution is 14.1. The Morgan fingerprint density at radius 2 is 1.69 bits per heavy atom. The van der Waals surface area contributed by atoms with E-state index in [4.69, 9.17) is 15.2 Å². The average Bonchev–Trinajstić information content (AvgIpc) is 2.94. The summed E-state index contributed by atoms with van der Waals surface area (Å²) >= 11 is 4.89. The van der Waals surface area contributed by atoms with Crippen LogP contribution in [0, 0.1) is 9.49 Å². The molecule has 1 unspecified atom stereocenters. The summed E-state index contributed by atoms with van der Waals surface area (Å²) in [5.41, 5.74) is 8.32. The first kappa shape index (κ1) is 27.8. The van der Waals surface area contributed by atoms with Crippen LogP contribution in [0.3, 0.4) is 0 Å². The molecule has 1 fully saturated rings. The van der Waals surface area contributed by atoms with Gasteiger partial charge in [0.2, 0.25) is 5.91 Å². The van der Waals surface area contributed by atoms with Gasteiger partial charge < -0.3 is 15.2 Å². The van der Waals surface area contributed by atoms with Crippen LogP contribution in [0.1, 0.15) is 11.1 Å². The van der Waals surface area contributed by atoms with Gasteiger partial charge in [-0.3, -0.25) is 14.5 Å². The lowest BCUT2D eigenvalue weighted by atomic mass is 9.88. The lowest BCUT2D eigenvalue weighted by Crippen LogP contribution is -2.65. The zero-order valence-corrected chi connectivity index (χ0v) is 24.7. The fraction of sp³-hybridized carbons (Fsp3) is 0.207. The SMILES string of the molecule is COc1ccc(COC(=O)C2=C(Sc3ccccc3I)C(N)S[C@@H]3[C@H](C(=O)Cc4ccccc4)C(=O)N23)cc1. The monoisotopic (exact) mass is 672 g/mol. The van der Waals surface area contributed by atoms with Crippen molar-refractivity contribution in [3.8, 4) is 5.75 Å². The summed E-state index contributed by atoms with van der Waals surface area (Å²) in [4.78, 5) is 43.0. The number of halogens is 1. The van der Waals surface area contributed by atoms with Crippen molar-refractivity contribution >= 4 is 63.8 Å². The number of ether oxygens (including phenoxy) is 2. The summed E-state index contributed by atoms with van der Waals surface area (Å²) < 4.78 is 11.9. The first-order chi connectivity index (χ1) is 18.9. The number of carbonyl (C=O) groups excluding carboxylic acids is 3. The number of benzene rings is 3. The number of rotatable bonds is 9. The van der Waals surface area contributed by atoms with Gasteiger partial charge in [-0.05, 0) is 58.0 Å². The maximum Gasteiger partial charge on any atom is 0.356 e. The maximum atomic E-state index is 13.6. The third-order valence-corrected chi connectivity index (χ3v) is 10.4. The molecule has 3 atom stereocenters. The van der Waals surface area contributed by atoms with Crippen molar-refractivity contribution in [2.45, 2.75) is 28.7 Å². The molecule has 2 N–H and O–H groups in total. The van der Waals surface area contributed by atoms with Crippen LogP contribution in [0.15, 0.2) is 94.4 Å². The molecule has 10 heteroatoms. The summed E-state index contributed by atoms with van der Waals surface area (Å²) in [5, 5.41) is -1.18. The third-order valence-electron chi connectivity index (χ3n) is 6.41. The lowest BCUT2D eigenvalue weighted by molar-refractivity contribution is -0.158. The van der Waals surface area contributed by atoms with Crippen LogP contribution < -0.4 is 10.5 Å². The predicted octanol–water partition coefficient (Wildman–Crippen LogP) is 4.97. The van der Waals surface area contributed by atoms with Gasteiger partial charge in [0, 0.05) is 19.8 Å². The van der Waals surface area contributed by atoms with Crippen LogP contribution in [0.2, 0.25) is 0 Å². The van der Waals surface area contributed by atoms with Crippen molar-refractivity contribution in [3.05, 3.63) is 104 Å². The molecule has 5 rings (SSSR count). The largest absolute Gasteiger partial charge is 0.497 e. The number of β-lactam (4-membered cyclic amide) rings is 1. The van der Waals surface area contributed by atoms with E-state index in [2.05, 4.69) is 22.6 Å². The molecule has 0 spiro atoms. The Morgan fingerprint density at radius 1 is 1.00 bits per heavy atom. The van der Waals surface area contributed by atoms with Crippen LogP contribution in [0.25, 0.3) is 0 Å². The predicted molar refractivity (Wildman–Crippen MR) is 160 cm³/mol. The molecule has 1 amide bonds. The van der Waals surface area contributed by atoms with Crippen molar-refractivity contribution in [3.63, 3.8) is 0 Å². The second kappa shape index (κ2) is 12.2. The maximum absolute atomic E-state index is 13.6. The number of hydrogen-bond donors (Lipinski definition) is 1. The third kappa shape index (κ3) is 5.88. The molecule has 0 aliphatic carbocycles. The van der Waals surface area contributed by atoms with E-state index in [1.54, 1.807) is 31.4 Å². The molecule has 2 aliphatic rings. The van der Waals surface area contributed by atoms with Gasteiger partial charge in [-0.1, -0.05) is 66.4 Å². The van der Waals surface area contributed by atoms with Gasteiger partial charge in [0.15, 0.2) is 5.78 Å². The average molecular weight is 673 g/mol. The highest BCUT2D eigenvalue weighted by Gasteiger charge is 2.58. The van der Waals surface area contributed by atoms with E-state index < -0.39 is 28.5 Å². The Kier molecular flexibility index (Phi) is 8.65. The van der Waals surface area contributed by atoms with Gasteiger partial charge in [0.1, 0.15) is 29.3 Å². The molecular formula is C29H25IN2O5S2. The highest BCUT2D eigenvalue weighted by atomic mass is 127. The number of Topliss-reactive ketones (excluding diaryl/α,β-unsaturated/α-hetero) is 1. The number of carbonyl (C=O) groups is 3. The molecule has 200 valence electrons. The van der Waals surface area contributed by atoms with Gasteiger partial charge in [-0.2, -0.15) is 0 Å². The Balaban J connectivity index is 1.42. The van der Waals surface area contributed by atoms with Gasteiger partial charge >= 0.3 is 5.97 Å². The molecule has 39 heavy (non-hydrogen) atoms. The fourth-order valence-corrected chi connectivity index (χ4v) is 7.66. The van der Waals surface area contributed by atoms with Crippen LogP contribution in [-0.4, -0.2) is 40.4 Å². The second-order valence-electron chi connectivity index (χ2n) is 8.93. The normalized spacial score (nSPS) is 20.2. The first-order valence-corrected chi connectivity index (χ1v) is 15.0. The van der Waals surface area contributed by atoms with Gasteiger partial charge in [-0.15, -0.1) is 11.8 Å². The van der Waals surface area contributed by atoms with Gasteiger partial charge in [0.05, 0.1) is 12.5 Å². The summed E-state index contributed by atoms with van der Waals surface area (Å²) in [5.74, 6) is -1.42. The van der Waals surface area contributed by atoms with Crippen LogP contribution >= 0.6 is 46.1 Å². The standard InChI is InChI=1S/C29H25IN2O5S2/c1-36-19-13-11-18(12-14-19)16-37-29(35)24-25(38-22-10-6-5-9-20(22)30)26(31)39-28-23(27(34)32(24)28)21(33)15-17-7-3-2-4-8-17/h2-14,23,26,28H,15-16,31H2,1H3/t23-,26?,28-/m1/s1. The zero-order chi connectivity index (χ0) is 27.5. The molecular weight excluding hydrogens is 647 g/mol. The van der Waals surface area contributed by atoms with E-state index in [0.717, 1.165) is 19.6 Å². The number of thioether (sulfide) groups is 2. The minimum Gasteiger partial charge on any atom is -0.497 e. The minimum atomic E-state index is -0.867. The Morgan fingerprint density at radius 3 is 2.38 bits per heavy atom. The van der Waals surface area contributed by atoms with Crippen LogP contribution in [0.5, 0.6) is 5.75 Å². The lowest BCUT2D eigenvalue weighted by Gasteiger charge is -2.50. The molecule has 2 heterocycles. The smallest absolute Gasteiger partial charge is 0.356 e. The van der Waals surface area contributed by atoms with E-state index in [-0.39, 0.29) is 24.5 Å². The molecule has 0 radical (unpaired) electrons. The molecule has 3 aromatic rings. The van der Waals surface area contributed by atoms with Crippen molar-refractivity contribution in [1.82, 2.24) is 4.90 Å². The number of hydrogen-bond acceptors (Lipinski definition) is 8. The number of nitrogens with zero attached hydrogens (tertiary/aromatic N) is 1. The molecule has 2 aliphatic heterocycles. The number of nitrogens with two attached hydrogens (primary N) is 1. The summed E-state index contributed by atoms with van der Waals surface area (Å²) in [6.45, 7) is 0.0125. The second-order valence-corrected chi connectivity index (χ2v) is 12.4. The Bertz CT molecular complexity index is 1430. The number of esters is 1. The molecule has 0 bridgehead atoms. The number of fused-ring (bicyclic) bond motifs is 1. The summed E-state index contributed by atoms with van der Waals surface area (Å²) in [7, 11) is 1.58. The molecule has 7 nitrogen and oxygen atoms in total. The van der Waals surface area contributed by atoms with Crippen molar-refractivity contribution < 1.29 is 23.9 Å². The Labute approximate surface area is 248 Å². The molecule has 1 saturated heterocycles. The quantitative estimate of drug-likeness (QED) is 0.147. The topological polar surface area (TPSA) is 98.9 Å². The fourth-order valence-electron chi connectivity index (χ4n) is 4.40. The van der Waals surface area contributed by atoms with Crippen molar-refractivity contribution in [2.75, 3.05) is 7.11 Å². The molecule has 3 aromatic carbocycles. The van der Waals surface area contributed by atoms with E-state index in [1.165, 1.54) is 28.4 Å². The molecule has 0 saturated carbocycles.